The topological polar surface area (TPSA) is 89.0 Å². The number of ether oxygens (including phenoxy) is 1. The van der Waals surface area contributed by atoms with Crippen LogP contribution in [-0.4, -0.2) is 28.0 Å². The number of halogens is 1. The number of methoxy groups -OCH3 is 1. The number of benzene rings is 2. The molecule has 8 heteroatoms. The van der Waals surface area contributed by atoms with E-state index in [1.807, 2.05) is 36.4 Å². The Morgan fingerprint density at radius 2 is 1.87 bits per heavy atom. The van der Waals surface area contributed by atoms with Crippen LogP contribution in [0.2, 0.25) is 0 Å². The molecule has 0 bridgehead atoms. The van der Waals surface area contributed by atoms with Gasteiger partial charge in [0.05, 0.1) is 19.0 Å². The summed E-state index contributed by atoms with van der Waals surface area (Å²) in [6, 6.07) is 17.4. The van der Waals surface area contributed by atoms with E-state index in [-0.39, 0.29) is 17.4 Å². The fraction of sp³-hybridized carbons (Fsp3) is 0.0435. The summed E-state index contributed by atoms with van der Waals surface area (Å²) in [5.41, 5.74) is 2.92. The Hall–Kier alpha value is -4.33. The summed E-state index contributed by atoms with van der Waals surface area (Å²) in [7, 11) is 1.39. The maximum absolute atomic E-state index is 13.9. The quantitative estimate of drug-likeness (QED) is 0.475. The van der Waals surface area contributed by atoms with Crippen LogP contribution in [0.3, 0.4) is 0 Å². The highest BCUT2D eigenvalue weighted by Gasteiger charge is 2.13. The molecule has 2 heterocycles. The molecule has 0 radical (unpaired) electrons. The second-order valence-electron chi connectivity index (χ2n) is 6.48. The van der Waals surface area contributed by atoms with E-state index >= 15 is 0 Å². The lowest BCUT2D eigenvalue weighted by atomic mass is 10.1. The molecule has 0 spiro atoms. The molecular formula is C23H18FN5O2. The first-order chi connectivity index (χ1) is 15.1. The van der Waals surface area contributed by atoms with Gasteiger partial charge in [-0.15, -0.1) is 0 Å². The van der Waals surface area contributed by atoms with Crippen LogP contribution >= 0.6 is 0 Å². The number of carbonyl (C=O) groups excluding carboxylic acids is 1. The summed E-state index contributed by atoms with van der Waals surface area (Å²) < 4.78 is 18.8. The van der Waals surface area contributed by atoms with Gasteiger partial charge in [0, 0.05) is 29.7 Å². The molecule has 0 saturated heterocycles. The average Bonchev–Trinajstić information content (AvgIpc) is 2.80. The van der Waals surface area contributed by atoms with Gasteiger partial charge < -0.3 is 15.4 Å². The van der Waals surface area contributed by atoms with Crippen molar-refractivity contribution in [3.05, 3.63) is 90.8 Å². The molecule has 0 aliphatic carbocycles. The van der Waals surface area contributed by atoms with Crippen molar-refractivity contribution in [2.45, 2.75) is 0 Å². The number of nitrogens with one attached hydrogen (secondary N) is 2. The molecule has 1 amide bonds. The van der Waals surface area contributed by atoms with Crippen molar-refractivity contribution in [2.24, 2.45) is 0 Å². The molecule has 0 saturated carbocycles. The van der Waals surface area contributed by atoms with Gasteiger partial charge in [-0.25, -0.2) is 14.4 Å². The van der Waals surface area contributed by atoms with E-state index in [0.717, 1.165) is 11.1 Å². The van der Waals surface area contributed by atoms with Crippen molar-refractivity contribution in [1.82, 2.24) is 15.0 Å². The Morgan fingerprint density at radius 1 is 1.03 bits per heavy atom. The average molecular weight is 415 g/mol. The predicted octanol–water partition coefficient (Wildman–Crippen LogP) is 4.68. The number of amides is 1. The normalized spacial score (nSPS) is 10.4. The maximum atomic E-state index is 13.9. The van der Waals surface area contributed by atoms with Gasteiger partial charge in [-0.1, -0.05) is 30.3 Å². The molecule has 0 unspecified atom stereocenters. The number of nitrogens with zero attached hydrogens (tertiary/aromatic N) is 3. The van der Waals surface area contributed by atoms with E-state index < -0.39 is 11.7 Å². The lowest BCUT2D eigenvalue weighted by Crippen LogP contribution is -2.15. The van der Waals surface area contributed by atoms with Crippen LogP contribution in [0.5, 0.6) is 5.75 Å². The van der Waals surface area contributed by atoms with Crippen LogP contribution in [0.4, 0.5) is 21.7 Å². The molecule has 2 N–H and O–H groups in total. The standard InChI is InChI=1S/C23H18FN5O2/c1-31-21-8-7-16(13-18(21)24)27-23-26-12-10-19(29-23)22(30)28-20-14-25-11-9-17(20)15-5-3-2-4-6-15/h2-14H,1H3,(H,28,30)(H,26,27,29). The van der Waals surface area contributed by atoms with Crippen molar-refractivity contribution >= 4 is 23.2 Å². The highest BCUT2D eigenvalue weighted by atomic mass is 19.1. The number of anilines is 3. The van der Waals surface area contributed by atoms with Gasteiger partial charge in [-0.3, -0.25) is 9.78 Å². The van der Waals surface area contributed by atoms with Crippen molar-refractivity contribution in [3.63, 3.8) is 0 Å². The molecule has 2 aromatic carbocycles. The van der Waals surface area contributed by atoms with E-state index in [4.69, 9.17) is 4.74 Å². The van der Waals surface area contributed by atoms with Crippen molar-refractivity contribution in [2.75, 3.05) is 17.7 Å². The van der Waals surface area contributed by atoms with E-state index in [9.17, 15) is 9.18 Å². The Kier molecular flexibility index (Phi) is 5.79. The van der Waals surface area contributed by atoms with Crippen molar-refractivity contribution in [1.29, 1.82) is 0 Å². The highest BCUT2D eigenvalue weighted by molar-refractivity contribution is 6.05. The minimum absolute atomic E-state index is 0.130. The van der Waals surface area contributed by atoms with E-state index in [2.05, 4.69) is 25.6 Å². The van der Waals surface area contributed by atoms with Crippen LogP contribution < -0.4 is 15.4 Å². The van der Waals surface area contributed by atoms with Crippen LogP contribution in [0.25, 0.3) is 11.1 Å². The van der Waals surface area contributed by atoms with Crippen LogP contribution in [0.15, 0.2) is 79.3 Å². The van der Waals surface area contributed by atoms with Gasteiger partial charge >= 0.3 is 0 Å². The second-order valence-corrected chi connectivity index (χ2v) is 6.48. The van der Waals surface area contributed by atoms with Gasteiger partial charge in [0.25, 0.3) is 5.91 Å². The summed E-state index contributed by atoms with van der Waals surface area (Å²) >= 11 is 0. The molecule has 4 aromatic rings. The number of hydrogen-bond acceptors (Lipinski definition) is 6. The fourth-order valence-electron chi connectivity index (χ4n) is 2.97. The zero-order valence-electron chi connectivity index (χ0n) is 16.5. The number of carbonyl (C=O) groups is 1. The second kappa shape index (κ2) is 9.00. The fourth-order valence-corrected chi connectivity index (χ4v) is 2.97. The minimum Gasteiger partial charge on any atom is -0.494 e. The SMILES string of the molecule is COc1ccc(Nc2nccc(C(=O)Nc3cnccc3-c3ccccc3)n2)cc1F. The minimum atomic E-state index is -0.522. The zero-order valence-corrected chi connectivity index (χ0v) is 16.5. The number of pyridine rings is 1. The third-order valence-electron chi connectivity index (χ3n) is 4.45. The zero-order chi connectivity index (χ0) is 21.6. The molecule has 4 rings (SSSR count). The van der Waals surface area contributed by atoms with E-state index in [1.165, 1.54) is 31.5 Å². The van der Waals surface area contributed by atoms with Crippen molar-refractivity contribution < 1.29 is 13.9 Å². The largest absolute Gasteiger partial charge is 0.494 e. The first-order valence-electron chi connectivity index (χ1n) is 9.38. The molecule has 0 aliphatic rings. The summed E-state index contributed by atoms with van der Waals surface area (Å²) in [5, 5.41) is 5.73. The summed E-state index contributed by atoms with van der Waals surface area (Å²) in [6.07, 6.45) is 4.70. The monoisotopic (exact) mass is 415 g/mol. The van der Waals surface area contributed by atoms with Gasteiger partial charge in [-0.2, -0.15) is 0 Å². The third kappa shape index (κ3) is 4.64. The molecule has 154 valence electrons. The predicted molar refractivity (Wildman–Crippen MR) is 116 cm³/mol. The van der Waals surface area contributed by atoms with E-state index in [0.29, 0.717) is 11.4 Å². The van der Waals surface area contributed by atoms with Crippen LogP contribution in [0, 0.1) is 5.82 Å². The van der Waals surface area contributed by atoms with Gasteiger partial charge in [-0.05, 0) is 29.8 Å². The Bertz CT molecular complexity index is 1220. The van der Waals surface area contributed by atoms with Gasteiger partial charge in [0.2, 0.25) is 5.95 Å². The number of aromatic nitrogens is 3. The van der Waals surface area contributed by atoms with Gasteiger partial charge in [0.1, 0.15) is 5.69 Å². The molecule has 2 aromatic heterocycles. The van der Waals surface area contributed by atoms with Crippen LogP contribution in [-0.2, 0) is 0 Å². The molecule has 7 nitrogen and oxygen atoms in total. The Morgan fingerprint density at radius 3 is 2.65 bits per heavy atom. The Balaban J connectivity index is 1.54. The smallest absolute Gasteiger partial charge is 0.274 e. The lowest BCUT2D eigenvalue weighted by Gasteiger charge is -2.11. The maximum Gasteiger partial charge on any atom is 0.274 e. The third-order valence-corrected chi connectivity index (χ3v) is 4.45. The summed E-state index contributed by atoms with van der Waals surface area (Å²) in [4.78, 5) is 25.2. The Labute approximate surface area is 178 Å². The number of hydrogen-bond donors (Lipinski definition) is 2. The summed E-state index contributed by atoms with van der Waals surface area (Å²) in [6.45, 7) is 0. The summed E-state index contributed by atoms with van der Waals surface area (Å²) in [5.74, 6) is -0.653. The van der Waals surface area contributed by atoms with Gasteiger partial charge in [0.15, 0.2) is 11.6 Å². The molecular weight excluding hydrogens is 397 g/mol. The highest BCUT2D eigenvalue weighted by Crippen LogP contribution is 2.27. The molecule has 31 heavy (non-hydrogen) atoms. The lowest BCUT2D eigenvalue weighted by molar-refractivity contribution is 0.102. The number of rotatable bonds is 6. The molecule has 0 fully saturated rings. The van der Waals surface area contributed by atoms with E-state index in [1.54, 1.807) is 18.5 Å². The van der Waals surface area contributed by atoms with Crippen LogP contribution in [0.1, 0.15) is 10.5 Å². The first-order valence-corrected chi connectivity index (χ1v) is 9.38. The molecule has 0 atom stereocenters. The van der Waals surface area contributed by atoms with Crippen molar-refractivity contribution in [3.8, 4) is 16.9 Å². The first kappa shape index (κ1) is 20.0. The molecule has 0 aliphatic heterocycles.